The second-order valence-electron chi connectivity index (χ2n) is 10.1. The number of likely N-dealkylation sites (tertiary alicyclic amines) is 1. The molecule has 2 unspecified atom stereocenters. The molecule has 2 aromatic heterocycles. The van der Waals surface area contributed by atoms with Gasteiger partial charge in [0.15, 0.2) is 0 Å². The smallest absolute Gasteiger partial charge is 0.391 e. The highest BCUT2D eigenvalue weighted by Gasteiger charge is 2.45. The Morgan fingerprint density at radius 1 is 1.26 bits per heavy atom. The lowest BCUT2D eigenvalue weighted by Gasteiger charge is -2.34. The minimum Gasteiger partial charge on any atom is -0.391 e. The predicted molar refractivity (Wildman–Crippen MR) is 118 cm³/mol. The van der Waals surface area contributed by atoms with Crippen LogP contribution in [-0.2, 0) is 22.3 Å². The Hall–Kier alpha value is -2.47. The van der Waals surface area contributed by atoms with E-state index in [1.165, 1.54) is 15.0 Å². The molecule has 2 N–H and O–H groups in total. The number of halogens is 3. The number of rotatable bonds is 6. The normalized spacial score (nSPS) is 22.1. The minimum absolute atomic E-state index is 0.00881. The zero-order valence-corrected chi connectivity index (χ0v) is 20.0. The number of alkyl halides is 3. The highest BCUT2D eigenvalue weighted by atomic mass is 32.1. The van der Waals surface area contributed by atoms with Crippen molar-refractivity contribution >= 4 is 23.2 Å². The molecule has 34 heavy (non-hydrogen) atoms. The van der Waals surface area contributed by atoms with E-state index >= 15 is 0 Å². The van der Waals surface area contributed by atoms with Crippen LogP contribution in [0.5, 0.6) is 0 Å². The summed E-state index contributed by atoms with van der Waals surface area (Å²) in [5, 5.41) is 23.5. The fourth-order valence-electron chi connectivity index (χ4n) is 4.34. The van der Waals surface area contributed by atoms with Gasteiger partial charge in [-0.2, -0.15) is 24.5 Å². The molecule has 1 saturated carbocycles. The number of aromatic nitrogens is 3. The van der Waals surface area contributed by atoms with Gasteiger partial charge in [-0.25, -0.2) is 4.68 Å². The van der Waals surface area contributed by atoms with Gasteiger partial charge in [0.2, 0.25) is 11.8 Å². The van der Waals surface area contributed by atoms with Crippen LogP contribution in [0.1, 0.15) is 68.8 Å². The van der Waals surface area contributed by atoms with Crippen molar-refractivity contribution < 1.29 is 27.9 Å². The van der Waals surface area contributed by atoms with Crippen molar-refractivity contribution in [3.05, 3.63) is 33.8 Å². The summed E-state index contributed by atoms with van der Waals surface area (Å²) in [6, 6.07) is -1.76. The average molecular weight is 500 g/mol. The number of aliphatic hydroxyl groups is 1. The lowest BCUT2D eigenvalue weighted by atomic mass is 9.85. The maximum atomic E-state index is 13.7. The molecule has 8 nitrogen and oxygen atoms in total. The molecule has 0 bridgehead atoms. The summed E-state index contributed by atoms with van der Waals surface area (Å²) >= 11 is 0.904. The Labute approximate surface area is 199 Å². The number of carbonyl (C=O) groups is 2. The third kappa shape index (κ3) is 5.12. The molecule has 2 fully saturated rings. The number of β-amino-alcohol motifs (C(OH)–C–C–N with tert-alkyl or cyclic N) is 1. The second-order valence-corrected chi connectivity index (χ2v) is 10.8. The number of nitrogens with one attached hydrogen (secondary N) is 1. The Bertz CT molecular complexity index is 1060. The molecule has 3 atom stereocenters. The largest absolute Gasteiger partial charge is 0.417 e. The molecule has 2 aliphatic rings. The molecule has 2 aromatic rings. The van der Waals surface area contributed by atoms with Crippen molar-refractivity contribution in [2.24, 2.45) is 5.41 Å². The lowest BCUT2D eigenvalue weighted by molar-refractivity contribution is -0.144. The van der Waals surface area contributed by atoms with E-state index in [-0.39, 0.29) is 31.0 Å². The molecule has 0 aromatic carbocycles. The molecule has 186 valence electrons. The summed E-state index contributed by atoms with van der Waals surface area (Å²) in [5.74, 6) is -0.632. The van der Waals surface area contributed by atoms with Gasteiger partial charge < -0.3 is 15.3 Å². The Morgan fingerprint density at radius 2 is 1.97 bits per heavy atom. The Balaban J connectivity index is 1.51. The standard InChI is InChI=1S/C22H28F3N5O3S/c1-21(2,3)18(30-9-16(27-28-30)12-4-5-12)20(33)29-8-14(31)6-17(29)19(32)26-7-13-10-34-11-15(13)22(23,24)25/h9-12,14,17-18,31H,4-8H2,1-3H3,(H,26,32)/t14?,17?,18-/m1/s1. The second kappa shape index (κ2) is 8.95. The van der Waals surface area contributed by atoms with Gasteiger partial charge in [0, 0.05) is 37.0 Å². The van der Waals surface area contributed by atoms with Crippen molar-refractivity contribution in [3.63, 3.8) is 0 Å². The molecule has 1 aliphatic heterocycles. The molecule has 12 heteroatoms. The van der Waals surface area contributed by atoms with Crippen molar-refractivity contribution in [3.8, 4) is 0 Å². The summed E-state index contributed by atoms with van der Waals surface area (Å²) in [5.41, 5.74) is -0.569. The third-order valence-corrected chi connectivity index (χ3v) is 7.00. The van der Waals surface area contributed by atoms with Gasteiger partial charge >= 0.3 is 6.18 Å². The molecule has 2 amide bonds. The summed E-state index contributed by atoms with van der Waals surface area (Å²) in [7, 11) is 0. The molecule has 1 saturated heterocycles. The summed E-state index contributed by atoms with van der Waals surface area (Å²) in [6.45, 7) is 5.28. The van der Waals surface area contributed by atoms with Crippen LogP contribution in [0.2, 0.25) is 0 Å². The van der Waals surface area contributed by atoms with Crippen LogP contribution in [-0.4, -0.2) is 55.5 Å². The van der Waals surface area contributed by atoms with Gasteiger partial charge in [0.05, 0.1) is 17.4 Å². The number of nitrogens with zero attached hydrogens (tertiary/aromatic N) is 4. The number of amides is 2. The first-order valence-corrected chi connectivity index (χ1v) is 12.1. The van der Waals surface area contributed by atoms with Gasteiger partial charge in [0.25, 0.3) is 0 Å². The molecular formula is C22H28F3N5O3S. The summed E-state index contributed by atoms with van der Waals surface area (Å²) < 4.78 is 40.9. The van der Waals surface area contributed by atoms with Gasteiger partial charge in [-0.05, 0) is 29.2 Å². The fraction of sp³-hybridized carbons (Fsp3) is 0.636. The van der Waals surface area contributed by atoms with E-state index in [9.17, 15) is 27.9 Å². The summed E-state index contributed by atoms with van der Waals surface area (Å²) in [6.07, 6.45) is -1.58. The van der Waals surface area contributed by atoms with Crippen LogP contribution in [0.15, 0.2) is 17.0 Å². The molecule has 0 spiro atoms. The summed E-state index contributed by atoms with van der Waals surface area (Å²) in [4.78, 5) is 27.9. The fourth-order valence-corrected chi connectivity index (χ4v) is 5.20. The van der Waals surface area contributed by atoms with E-state index in [1.54, 1.807) is 6.20 Å². The average Bonchev–Trinajstić information content (AvgIpc) is 3.12. The Morgan fingerprint density at radius 3 is 2.59 bits per heavy atom. The van der Waals surface area contributed by atoms with Gasteiger partial charge in [0.1, 0.15) is 12.1 Å². The Kier molecular flexibility index (Phi) is 6.49. The van der Waals surface area contributed by atoms with Crippen molar-refractivity contribution in [2.45, 2.75) is 76.9 Å². The predicted octanol–water partition coefficient (Wildman–Crippen LogP) is 3.10. The minimum atomic E-state index is -4.51. The van der Waals surface area contributed by atoms with E-state index < -0.39 is 41.2 Å². The zero-order valence-electron chi connectivity index (χ0n) is 19.2. The van der Waals surface area contributed by atoms with Crippen LogP contribution < -0.4 is 5.32 Å². The van der Waals surface area contributed by atoms with E-state index in [2.05, 4.69) is 15.6 Å². The van der Waals surface area contributed by atoms with Crippen molar-refractivity contribution in [2.75, 3.05) is 6.54 Å². The van der Waals surface area contributed by atoms with E-state index in [0.29, 0.717) is 5.92 Å². The van der Waals surface area contributed by atoms with E-state index in [1.807, 2.05) is 20.8 Å². The highest BCUT2D eigenvalue weighted by Crippen LogP contribution is 2.40. The lowest BCUT2D eigenvalue weighted by Crippen LogP contribution is -2.50. The SMILES string of the molecule is CC(C)(C)[C@@H](C(=O)N1CC(O)CC1C(=O)NCc1cscc1C(F)(F)F)n1cc(C2CC2)nn1. The quantitative estimate of drug-likeness (QED) is 0.636. The van der Waals surface area contributed by atoms with Crippen molar-refractivity contribution in [1.29, 1.82) is 0 Å². The number of carbonyl (C=O) groups excluding carboxylic acids is 2. The monoisotopic (exact) mass is 499 g/mol. The number of hydrogen-bond acceptors (Lipinski definition) is 6. The maximum absolute atomic E-state index is 13.7. The van der Waals surface area contributed by atoms with E-state index in [4.69, 9.17) is 0 Å². The van der Waals surface area contributed by atoms with Gasteiger partial charge in [-0.1, -0.05) is 26.0 Å². The first-order valence-electron chi connectivity index (χ1n) is 11.2. The topological polar surface area (TPSA) is 100 Å². The molecule has 0 radical (unpaired) electrons. The van der Waals surface area contributed by atoms with Crippen LogP contribution in [0, 0.1) is 5.41 Å². The third-order valence-electron chi connectivity index (χ3n) is 6.21. The first-order chi connectivity index (χ1) is 15.9. The van der Waals surface area contributed by atoms with E-state index in [0.717, 1.165) is 35.3 Å². The number of thiophene rings is 1. The first kappa shape index (κ1) is 24.6. The molecule has 4 rings (SSSR count). The number of hydrogen-bond donors (Lipinski definition) is 2. The number of aliphatic hydroxyl groups excluding tert-OH is 1. The van der Waals surface area contributed by atoms with Crippen LogP contribution in [0.4, 0.5) is 13.2 Å². The van der Waals surface area contributed by atoms with Crippen LogP contribution in [0.3, 0.4) is 0 Å². The van der Waals surface area contributed by atoms with Gasteiger partial charge in [-0.15, -0.1) is 5.10 Å². The zero-order chi connectivity index (χ0) is 24.8. The molecular weight excluding hydrogens is 471 g/mol. The highest BCUT2D eigenvalue weighted by molar-refractivity contribution is 7.08. The van der Waals surface area contributed by atoms with Crippen LogP contribution in [0.25, 0.3) is 0 Å². The molecule has 3 heterocycles. The van der Waals surface area contributed by atoms with Gasteiger partial charge in [-0.3, -0.25) is 9.59 Å². The maximum Gasteiger partial charge on any atom is 0.417 e. The van der Waals surface area contributed by atoms with Crippen molar-refractivity contribution in [1.82, 2.24) is 25.2 Å². The van der Waals surface area contributed by atoms with Crippen LogP contribution >= 0.6 is 11.3 Å². The molecule has 1 aliphatic carbocycles.